The Morgan fingerprint density at radius 1 is 1.15 bits per heavy atom. The maximum Gasteiger partial charge on any atom is 0.0410 e. The van der Waals surface area contributed by atoms with Gasteiger partial charge in [0.05, 0.1) is 0 Å². The monoisotopic (exact) mass is 292 g/mol. The third-order valence-electron chi connectivity index (χ3n) is 4.74. The number of aryl methyl sites for hydroxylation is 1. The highest BCUT2D eigenvalue weighted by molar-refractivity contribution is 6.30. The van der Waals surface area contributed by atoms with Crippen LogP contribution in [0.5, 0.6) is 0 Å². The zero-order valence-corrected chi connectivity index (χ0v) is 13.6. The number of nitrogens with one attached hydrogen (secondary N) is 1. The van der Waals surface area contributed by atoms with Gasteiger partial charge >= 0.3 is 0 Å². The van der Waals surface area contributed by atoms with Gasteiger partial charge in [0.25, 0.3) is 0 Å². The molecule has 1 spiro atoms. The molecule has 1 aromatic rings. The van der Waals surface area contributed by atoms with E-state index in [0.29, 0.717) is 5.54 Å². The Morgan fingerprint density at radius 3 is 2.50 bits per heavy atom. The molecule has 0 radical (unpaired) electrons. The van der Waals surface area contributed by atoms with Crippen LogP contribution in [0.15, 0.2) is 18.2 Å². The highest BCUT2D eigenvalue weighted by Gasteiger charge is 2.44. The van der Waals surface area contributed by atoms with E-state index in [1.54, 1.807) is 0 Å². The Bertz CT molecular complexity index is 504. The summed E-state index contributed by atoms with van der Waals surface area (Å²) in [5, 5.41) is 4.76. The lowest BCUT2D eigenvalue weighted by atomic mass is 9.86. The largest absolute Gasteiger partial charge is 0.368 e. The Balaban J connectivity index is 1.92. The summed E-state index contributed by atoms with van der Waals surface area (Å²) in [6.07, 6.45) is 5.33. The van der Waals surface area contributed by atoms with Crippen LogP contribution in [0.4, 0.5) is 5.69 Å². The molecule has 1 aliphatic carbocycles. The van der Waals surface area contributed by atoms with E-state index in [1.165, 1.54) is 36.9 Å². The number of halogens is 1. The molecular weight excluding hydrogens is 268 g/mol. The van der Waals surface area contributed by atoms with Crippen molar-refractivity contribution in [2.75, 3.05) is 18.0 Å². The molecule has 1 saturated heterocycles. The lowest BCUT2D eigenvalue weighted by Gasteiger charge is -2.51. The number of rotatable bonds is 1. The van der Waals surface area contributed by atoms with Gasteiger partial charge < -0.3 is 10.2 Å². The van der Waals surface area contributed by atoms with Gasteiger partial charge in [-0.1, -0.05) is 24.4 Å². The van der Waals surface area contributed by atoms with Gasteiger partial charge in [0.15, 0.2) is 0 Å². The van der Waals surface area contributed by atoms with Crippen molar-refractivity contribution in [3.63, 3.8) is 0 Å². The van der Waals surface area contributed by atoms with E-state index in [9.17, 15) is 0 Å². The molecule has 1 aliphatic heterocycles. The molecule has 0 unspecified atom stereocenters. The minimum atomic E-state index is 0.161. The normalized spacial score (nSPS) is 24.3. The second-order valence-corrected chi connectivity index (χ2v) is 7.72. The van der Waals surface area contributed by atoms with Crippen LogP contribution >= 0.6 is 11.6 Å². The summed E-state index contributed by atoms with van der Waals surface area (Å²) in [6.45, 7) is 8.99. The first-order valence-electron chi connectivity index (χ1n) is 7.70. The summed E-state index contributed by atoms with van der Waals surface area (Å²) < 4.78 is 0. The summed E-state index contributed by atoms with van der Waals surface area (Å²) in [6, 6.07) is 6.27. The Kier molecular flexibility index (Phi) is 3.50. The van der Waals surface area contributed by atoms with Crippen molar-refractivity contribution in [2.24, 2.45) is 0 Å². The molecule has 0 aromatic heterocycles. The van der Waals surface area contributed by atoms with Gasteiger partial charge in [-0.15, -0.1) is 0 Å². The molecule has 3 heteroatoms. The average Bonchev–Trinajstić information content (AvgIpc) is 2.74. The number of hydrogen-bond acceptors (Lipinski definition) is 2. The summed E-state index contributed by atoms with van der Waals surface area (Å²) in [5.41, 5.74) is 3.10. The van der Waals surface area contributed by atoms with Gasteiger partial charge in [0, 0.05) is 34.9 Å². The van der Waals surface area contributed by atoms with Crippen molar-refractivity contribution in [3.8, 4) is 0 Å². The molecule has 0 atom stereocenters. The molecule has 0 amide bonds. The van der Waals surface area contributed by atoms with Crippen LogP contribution in [0.3, 0.4) is 0 Å². The lowest BCUT2D eigenvalue weighted by Crippen LogP contribution is -2.68. The van der Waals surface area contributed by atoms with Crippen LogP contribution in [0.2, 0.25) is 5.02 Å². The molecule has 1 N–H and O–H groups in total. The van der Waals surface area contributed by atoms with E-state index in [2.05, 4.69) is 43.1 Å². The van der Waals surface area contributed by atoms with Gasteiger partial charge in [-0.2, -0.15) is 0 Å². The molecular formula is C17H25ClN2. The molecule has 2 nitrogen and oxygen atoms in total. The maximum absolute atomic E-state index is 6.10. The second kappa shape index (κ2) is 4.92. The Labute approximate surface area is 127 Å². The fourth-order valence-corrected chi connectivity index (χ4v) is 4.40. The first-order chi connectivity index (χ1) is 9.39. The number of benzene rings is 1. The summed E-state index contributed by atoms with van der Waals surface area (Å²) >= 11 is 6.10. The molecule has 3 rings (SSSR count). The predicted octanol–water partition coefficient (Wildman–Crippen LogP) is 4.15. The standard InChI is InChI=1S/C17H25ClN2/c1-13-10-14(18)6-7-15(13)20-11-16(2,3)19-17(12-20)8-4-5-9-17/h6-7,10,19H,4-5,8-9,11-12H2,1-3H3. The quantitative estimate of drug-likeness (QED) is 0.836. The van der Waals surface area contributed by atoms with E-state index < -0.39 is 0 Å². The SMILES string of the molecule is Cc1cc(Cl)ccc1N1CC(C)(C)NC2(CCCC2)C1. The number of piperazine rings is 1. The van der Waals surface area contributed by atoms with Crippen LogP contribution < -0.4 is 10.2 Å². The molecule has 2 aliphatic rings. The van der Waals surface area contributed by atoms with Crippen LogP contribution in [-0.2, 0) is 0 Å². The Morgan fingerprint density at radius 2 is 1.85 bits per heavy atom. The highest BCUT2D eigenvalue weighted by atomic mass is 35.5. The van der Waals surface area contributed by atoms with Gasteiger partial charge in [-0.05, 0) is 57.4 Å². The first kappa shape index (κ1) is 14.2. The van der Waals surface area contributed by atoms with E-state index in [0.717, 1.165) is 18.1 Å². The summed E-state index contributed by atoms with van der Waals surface area (Å²) in [5.74, 6) is 0. The van der Waals surface area contributed by atoms with Crippen LogP contribution in [0, 0.1) is 6.92 Å². The van der Waals surface area contributed by atoms with Gasteiger partial charge in [0.1, 0.15) is 0 Å². The van der Waals surface area contributed by atoms with Gasteiger partial charge in [-0.3, -0.25) is 0 Å². The van der Waals surface area contributed by atoms with Gasteiger partial charge in [-0.25, -0.2) is 0 Å². The highest BCUT2D eigenvalue weighted by Crippen LogP contribution is 2.38. The van der Waals surface area contributed by atoms with Crippen molar-refractivity contribution >= 4 is 17.3 Å². The second-order valence-electron chi connectivity index (χ2n) is 7.28. The minimum Gasteiger partial charge on any atom is -0.368 e. The summed E-state index contributed by atoms with van der Waals surface area (Å²) in [7, 11) is 0. The molecule has 2 fully saturated rings. The molecule has 110 valence electrons. The third-order valence-corrected chi connectivity index (χ3v) is 4.98. The Hall–Kier alpha value is -0.730. The topological polar surface area (TPSA) is 15.3 Å². The zero-order valence-electron chi connectivity index (χ0n) is 12.8. The van der Waals surface area contributed by atoms with Crippen LogP contribution in [0.1, 0.15) is 45.1 Å². The predicted molar refractivity (Wildman–Crippen MR) is 86.8 cm³/mol. The molecule has 1 saturated carbocycles. The van der Waals surface area contributed by atoms with E-state index in [1.807, 2.05) is 6.07 Å². The number of anilines is 1. The van der Waals surface area contributed by atoms with E-state index in [-0.39, 0.29) is 5.54 Å². The smallest absolute Gasteiger partial charge is 0.0410 e. The van der Waals surface area contributed by atoms with Crippen molar-refractivity contribution in [3.05, 3.63) is 28.8 Å². The molecule has 20 heavy (non-hydrogen) atoms. The van der Waals surface area contributed by atoms with E-state index in [4.69, 9.17) is 11.6 Å². The molecule has 1 aromatic carbocycles. The maximum atomic E-state index is 6.10. The number of nitrogens with zero attached hydrogens (tertiary/aromatic N) is 1. The first-order valence-corrected chi connectivity index (χ1v) is 8.08. The fourth-order valence-electron chi connectivity index (χ4n) is 4.17. The van der Waals surface area contributed by atoms with Crippen molar-refractivity contribution < 1.29 is 0 Å². The van der Waals surface area contributed by atoms with Crippen molar-refractivity contribution in [1.29, 1.82) is 0 Å². The van der Waals surface area contributed by atoms with Crippen molar-refractivity contribution in [1.82, 2.24) is 5.32 Å². The van der Waals surface area contributed by atoms with Crippen molar-refractivity contribution in [2.45, 2.75) is 57.5 Å². The summed E-state index contributed by atoms with van der Waals surface area (Å²) in [4.78, 5) is 2.56. The molecule has 0 bridgehead atoms. The van der Waals surface area contributed by atoms with Crippen LogP contribution in [-0.4, -0.2) is 24.2 Å². The third kappa shape index (κ3) is 2.68. The molecule has 1 heterocycles. The van der Waals surface area contributed by atoms with Crippen LogP contribution in [0.25, 0.3) is 0 Å². The van der Waals surface area contributed by atoms with Gasteiger partial charge in [0.2, 0.25) is 0 Å². The minimum absolute atomic E-state index is 0.161. The number of hydrogen-bond donors (Lipinski definition) is 1. The average molecular weight is 293 g/mol. The lowest BCUT2D eigenvalue weighted by molar-refractivity contribution is 0.197. The zero-order chi connectivity index (χ0) is 14.4. The fraction of sp³-hybridized carbons (Fsp3) is 0.647. The van der Waals surface area contributed by atoms with E-state index >= 15 is 0 Å².